The predicted molar refractivity (Wildman–Crippen MR) is 78.1 cm³/mol. The molecule has 0 spiro atoms. The zero-order valence-electron chi connectivity index (χ0n) is 11.4. The summed E-state index contributed by atoms with van der Waals surface area (Å²) in [5.74, 6) is 0.462. The topological polar surface area (TPSA) is 32.3 Å². The van der Waals surface area contributed by atoms with Crippen molar-refractivity contribution in [3.05, 3.63) is 34.9 Å². The van der Waals surface area contributed by atoms with E-state index in [4.69, 9.17) is 11.6 Å². The van der Waals surface area contributed by atoms with Crippen molar-refractivity contribution in [2.75, 3.05) is 19.6 Å². The van der Waals surface area contributed by atoms with Crippen LogP contribution in [0.3, 0.4) is 0 Å². The van der Waals surface area contributed by atoms with Crippen LogP contribution in [0.15, 0.2) is 24.3 Å². The quantitative estimate of drug-likeness (QED) is 0.920. The fourth-order valence-corrected chi connectivity index (χ4v) is 2.74. The lowest BCUT2D eigenvalue weighted by molar-refractivity contribution is -0.136. The normalized spacial score (nSPS) is 16.3. The maximum atomic E-state index is 12.5. The molecular formula is C15H21ClN2O. The van der Waals surface area contributed by atoms with Crippen LogP contribution in [-0.4, -0.2) is 30.4 Å². The van der Waals surface area contributed by atoms with Crippen LogP contribution >= 0.6 is 11.6 Å². The molecule has 1 N–H and O–H groups in total. The third-order valence-corrected chi connectivity index (χ3v) is 3.88. The molecule has 1 amide bonds. The van der Waals surface area contributed by atoms with Crippen molar-refractivity contribution in [2.45, 2.75) is 26.3 Å². The van der Waals surface area contributed by atoms with Crippen molar-refractivity contribution >= 4 is 17.5 Å². The Morgan fingerprint density at radius 2 is 2.16 bits per heavy atom. The van der Waals surface area contributed by atoms with E-state index in [0.717, 1.165) is 43.1 Å². The van der Waals surface area contributed by atoms with E-state index < -0.39 is 0 Å². The largest absolute Gasteiger partial charge is 0.338 e. The van der Waals surface area contributed by atoms with E-state index >= 15 is 0 Å². The maximum absolute atomic E-state index is 12.5. The molecule has 1 aromatic rings. The molecular weight excluding hydrogens is 260 g/mol. The number of carbonyl (C=O) groups excluding carboxylic acids is 1. The molecule has 104 valence electrons. The summed E-state index contributed by atoms with van der Waals surface area (Å²) in [6.45, 7) is 5.33. The van der Waals surface area contributed by atoms with Crippen LogP contribution in [-0.2, 0) is 11.3 Å². The van der Waals surface area contributed by atoms with Crippen LogP contribution in [0.4, 0.5) is 0 Å². The first kappa shape index (κ1) is 14.4. The lowest BCUT2D eigenvalue weighted by Gasteiger charge is -2.29. The van der Waals surface area contributed by atoms with Gasteiger partial charge in [0.1, 0.15) is 0 Å². The van der Waals surface area contributed by atoms with Crippen LogP contribution in [0.25, 0.3) is 0 Å². The smallest absolute Gasteiger partial charge is 0.226 e. The molecule has 0 aliphatic carbocycles. The molecule has 0 saturated carbocycles. The van der Waals surface area contributed by atoms with Gasteiger partial charge in [-0.15, -0.1) is 0 Å². The van der Waals surface area contributed by atoms with Gasteiger partial charge in [0.15, 0.2) is 0 Å². The molecule has 1 fully saturated rings. The summed E-state index contributed by atoms with van der Waals surface area (Å²) in [5.41, 5.74) is 1.09. The molecule has 19 heavy (non-hydrogen) atoms. The van der Waals surface area contributed by atoms with Crippen molar-refractivity contribution in [1.82, 2.24) is 10.2 Å². The molecule has 0 aromatic heterocycles. The standard InChI is InChI=1S/C15H21ClN2O/c1-2-18(11-12-4-3-5-14(16)10-12)15(19)13-6-8-17-9-7-13/h3-5,10,13,17H,2,6-9,11H2,1H3. The summed E-state index contributed by atoms with van der Waals surface area (Å²) in [7, 11) is 0. The molecule has 0 radical (unpaired) electrons. The Bertz CT molecular complexity index is 430. The van der Waals surface area contributed by atoms with Crippen LogP contribution in [0.5, 0.6) is 0 Å². The first-order valence-electron chi connectivity index (χ1n) is 6.94. The monoisotopic (exact) mass is 280 g/mol. The number of rotatable bonds is 4. The molecule has 0 bridgehead atoms. The minimum Gasteiger partial charge on any atom is -0.338 e. The van der Waals surface area contributed by atoms with E-state index in [0.29, 0.717) is 6.54 Å². The zero-order valence-corrected chi connectivity index (χ0v) is 12.1. The van der Waals surface area contributed by atoms with Gasteiger partial charge in [0, 0.05) is 24.0 Å². The highest BCUT2D eigenvalue weighted by molar-refractivity contribution is 6.30. The van der Waals surface area contributed by atoms with E-state index in [2.05, 4.69) is 5.32 Å². The van der Waals surface area contributed by atoms with E-state index in [1.165, 1.54) is 0 Å². The van der Waals surface area contributed by atoms with Crippen molar-refractivity contribution in [2.24, 2.45) is 5.92 Å². The van der Waals surface area contributed by atoms with Crippen molar-refractivity contribution in [3.8, 4) is 0 Å². The van der Waals surface area contributed by atoms with Crippen LogP contribution in [0.1, 0.15) is 25.3 Å². The summed E-state index contributed by atoms with van der Waals surface area (Å²) in [5, 5.41) is 4.02. The lowest BCUT2D eigenvalue weighted by atomic mass is 9.96. The van der Waals surface area contributed by atoms with Crippen LogP contribution < -0.4 is 5.32 Å². The number of hydrogen-bond acceptors (Lipinski definition) is 2. The number of nitrogens with zero attached hydrogens (tertiary/aromatic N) is 1. The maximum Gasteiger partial charge on any atom is 0.226 e. The second kappa shape index (κ2) is 6.92. The average molecular weight is 281 g/mol. The second-order valence-corrected chi connectivity index (χ2v) is 5.44. The van der Waals surface area contributed by atoms with E-state index in [1.807, 2.05) is 36.1 Å². The minimum atomic E-state index is 0.181. The highest BCUT2D eigenvalue weighted by Gasteiger charge is 2.25. The summed E-state index contributed by atoms with van der Waals surface area (Å²) in [4.78, 5) is 14.4. The Balaban J connectivity index is 2.00. The zero-order chi connectivity index (χ0) is 13.7. The number of carbonyl (C=O) groups is 1. The van der Waals surface area contributed by atoms with Crippen LogP contribution in [0.2, 0.25) is 5.02 Å². The molecule has 1 heterocycles. The molecule has 4 heteroatoms. The van der Waals surface area contributed by atoms with Gasteiger partial charge in [-0.1, -0.05) is 23.7 Å². The Hall–Kier alpha value is -1.06. The highest BCUT2D eigenvalue weighted by Crippen LogP contribution is 2.18. The Kier molecular flexibility index (Phi) is 5.23. The molecule has 1 saturated heterocycles. The Morgan fingerprint density at radius 1 is 1.42 bits per heavy atom. The number of nitrogens with one attached hydrogen (secondary N) is 1. The highest BCUT2D eigenvalue weighted by atomic mass is 35.5. The van der Waals surface area contributed by atoms with Gasteiger partial charge in [0.25, 0.3) is 0 Å². The molecule has 2 rings (SSSR count). The Labute approximate surface area is 119 Å². The van der Waals surface area contributed by atoms with Gasteiger partial charge in [-0.2, -0.15) is 0 Å². The number of halogens is 1. The molecule has 0 unspecified atom stereocenters. The number of piperidine rings is 1. The van der Waals surface area contributed by atoms with Gasteiger partial charge >= 0.3 is 0 Å². The van der Waals surface area contributed by atoms with Gasteiger partial charge in [-0.3, -0.25) is 4.79 Å². The van der Waals surface area contributed by atoms with Gasteiger partial charge in [-0.05, 0) is 50.6 Å². The van der Waals surface area contributed by atoms with E-state index in [-0.39, 0.29) is 11.8 Å². The molecule has 3 nitrogen and oxygen atoms in total. The Morgan fingerprint density at radius 3 is 2.79 bits per heavy atom. The van der Waals surface area contributed by atoms with Gasteiger partial charge < -0.3 is 10.2 Å². The van der Waals surface area contributed by atoms with Gasteiger partial charge in [0.05, 0.1) is 0 Å². The third kappa shape index (κ3) is 3.95. The van der Waals surface area contributed by atoms with Crippen LogP contribution in [0, 0.1) is 5.92 Å². The van der Waals surface area contributed by atoms with Gasteiger partial charge in [-0.25, -0.2) is 0 Å². The van der Waals surface area contributed by atoms with Crippen molar-refractivity contribution in [1.29, 1.82) is 0 Å². The number of benzene rings is 1. The SMILES string of the molecule is CCN(Cc1cccc(Cl)c1)C(=O)C1CCNCC1. The molecule has 1 aromatic carbocycles. The minimum absolute atomic E-state index is 0.181. The number of hydrogen-bond donors (Lipinski definition) is 1. The summed E-state index contributed by atoms with van der Waals surface area (Å²) < 4.78 is 0. The third-order valence-electron chi connectivity index (χ3n) is 3.64. The molecule has 1 aliphatic rings. The molecule has 0 atom stereocenters. The predicted octanol–water partition coefficient (Wildman–Crippen LogP) is 2.69. The fraction of sp³-hybridized carbons (Fsp3) is 0.533. The average Bonchev–Trinajstić information content (AvgIpc) is 2.45. The second-order valence-electron chi connectivity index (χ2n) is 5.01. The number of amides is 1. The molecule has 1 aliphatic heterocycles. The van der Waals surface area contributed by atoms with Crippen molar-refractivity contribution < 1.29 is 4.79 Å². The van der Waals surface area contributed by atoms with E-state index in [9.17, 15) is 4.79 Å². The fourth-order valence-electron chi connectivity index (χ4n) is 2.53. The van der Waals surface area contributed by atoms with E-state index in [1.54, 1.807) is 0 Å². The summed E-state index contributed by atoms with van der Waals surface area (Å²) in [6.07, 6.45) is 1.90. The summed E-state index contributed by atoms with van der Waals surface area (Å²) in [6, 6.07) is 7.74. The van der Waals surface area contributed by atoms with Gasteiger partial charge in [0.2, 0.25) is 5.91 Å². The first-order chi connectivity index (χ1) is 9.20. The summed E-state index contributed by atoms with van der Waals surface area (Å²) >= 11 is 5.99. The first-order valence-corrected chi connectivity index (χ1v) is 7.32. The lowest BCUT2D eigenvalue weighted by Crippen LogP contribution is -2.40. The van der Waals surface area contributed by atoms with Crippen molar-refractivity contribution in [3.63, 3.8) is 0 Å².